The van der Waals surface area contributed by atoms with Gasteiger partial charge in [0, 0.05) is 20.6 Å². The Morgan fingerprint density at radius 3 is 1.71 bits per heavy atom. The van der Waals surface area contributed by atoms with Crippen molar-refractivity contribution in [2.24, 2.45) is 0 Å². The lowest BCUT2D eigenvalue weighted by Crippen LogP contribution is -1.87. The Morgan fingerprint density at radius 1 is 1.14 bits per heavy atom. The van der Waals surface area contributed by atoms with Gasteiger partial charge in [0.25, 0.3) is 0 Å². The molecule has 40 valence electrons. The molecule has 1 heteroatoms. The second-order valence-corrected chi connectivity index (χ2v) is 7.37. The van der Waals surface area contributed by atoms with Crippen LogP contribution in [0.4, 0.5) is 0 Å². The molecular weight excluding hydrogens is 103 g/mol. The van der Waals surface area contributed by atoms with Gasteiger partial charge in [0.15, 0.2) is 0 Å². The summed E-state index contributed by atoms with van der Waals surface area (Å²) in [5.41, 5.74) is 0. The van der Waals surface area contributed by atoms with Crippen LogP contribution in [-0.4, -0.2) is 25.7 Å². The number of hydrogen-bond acceptors (Lipinski definition) is 0. The maximum absolute atomic E-state index is 2.41. The molecule has 0 saturated carbocycles. The van der Waals surface area contributed by atoms with Crippen LogP contribution in [0.2, 0.25) is 0 Å². The summed E-state index contributed by atoms with van der Waals surface area (Å²) in [7, 11) is -0.404. The molecule has 7 heavy (non-hydrogen) atoms. The minimum atomic E-state index is -0.404. The lowest BCUT2D eigenvalue weighted by molar-refractivity contribution is 1.73. The molecule has 0 aliphatic carbocycles. The molecule has 0 amide bonds. The van der Waals surface area contributed by atoms with Gasteiger partial charge < -0.3 is 0 Å². The first-order chi connectivity index (χ1) is 3.21. The summed E-state index contributed by atoms with van der Waals surface area (Å²) in [6, 6.07) is 0. The molecule has 0 aromatic rings. The highest BCUT2D eigenvalue weighted by Gasteiger charge is 2.24. The fourth-order valence-electron chi connectivity index (χ4n) is 0.794. The molecule has 1 heterocycles. The smallest absolute Gasteiger partial charge is 0.0481 e. The van der Waals surface area contributed by atoms with Gasteiger partial charge in [-0.2, -0.15) is 0 Å². The van der Waals surface area contributed by atoms with E-state index in [0.717, 1.165) is 0 Å². The summed E-state index contributed by atoms with van der Waals surface area (Å²) in [6.45, 7) is 4.82. The standard InChI is InChI=1S/C6H12P/c1-7(2)5-3-4-6-7/h3-4H,5-6H2,1-2H3/q+1. The van der Waals surface area contributed by atoms with Gasteiger partial charge in [0.2, 0.25) is 0 Å². The largest absolute Gasteiger partial charge is 0.0772 e. The van der Waals surface area contributed by atoms with Crippen molar-refractivity contribution in [2.45, 2.75) is 0 Å². The molecule has 0 unspecified atom stereocenters. The molecule has 0 N–H and O–H groups in total. The van der Waals surface area contributed by atoms with Crippen LogP contribution in [-0.2, 0) is 0 Å². The average Bonchev–Trinajstić information content (AvgIpc) is 1.84. The summed E-state index contributed by atoms with van der Waals surface area (Å²) >= 11 is 0. The second-order valence-electron chi connectivity index (χ2n) is 2.77. The van der Waals surface area contributed by atoms with Gasteiger partial charge in [0.1, 0.15) is 0 Å². The van der Waals surface area contributed by atoms with Gasteiger partial charge in [0.05, 0.1) is 12.3 Å². The predicted octanol–water partition coefficient (Wildman–Crippen LogP) is 1.83. The summed E-state index contributed by atoms with van der Waals surface area (Å²) in [5, 5.41) is 0. The van der Waals surface area contributed by atoms with E-state index in [1.54, 1.807) is 0 Å². The molecule has 1 rings (SSSR count). The fraction of sp³-hybridized carbons (Fsp3) is 0.667. The van der Waals surface area contributed by atoms with E-state index in [9.17, 15) is 0 Å². The SMILES string of the molecule is C[P+]1(C)CC=CC1. The minimum Gasteiger partial charge on any atom is -0.0481 e. The Morgan fingerprint density at radius 2 is 1.57 bits per heavy atom. The fourth-order valence-corrected chi connectivity index (χ4v) is 2.38. The Hall–Kier alpha value is 0.170. The van der Waals surface area contributed by atoms with Crippen LogP contribution in [0.25, 0.3) is 0 Å². The first-order valence-corrected chi connectivity index (χ1v) is 5.73. The molecule has 0 atom stereocenters. The summed E-state index contributed by atoms with van der Waals surface area (Å²) < 4.78 is 0. The topological polar surface area (TPSA) is 0 Å². The lowest BCUT2D eigenvalue weighted by atomic mass is 10.6. The third-order valence-corrected chi connectivity index (χ3v) is 3.76. The molecule has 0 aromatic carbocycles. The van der Waals surface area contributed by atoms with Crippen molar-refractivity contribution >= 4 is 7.26 Å². The first kappa shape index (κ1) is 5.31. The molecule has 0 fully saturated rings. The highest BCUT2D eigenvalue weighted by Crippen LogP contribution is 2.53. The third kappa shape index (κ3) is 1.28. The summed E-state index contributed by atoms with van der Waals surface area (Å²) in [5.74, 6) is 0. The van der Waals surface area contributed by atoms with Gasteiger partial charge in [-0.15, -0.1) is 0 Å². The van der Waals surface area contributed by atoms with Gasteiger partial charge in [-0.1, -0.05) is 0 Å². The summed E-state index contributed by atoms with van der Waals surface area (Å²) in [6.07, 6.45) is 7.39. The maximum Gasteiger partial charge on any atom is 0.0772 e. The lowest BCUT2D eigenvalue weighted by Gasteiger charge is -2.06. The maximum atomic E-state index is 2.41. The molecule has 0 spiro atoms. The predicted molar refractivity (Wildman–Crippen MR) is 37.6 cm³/mol. The monoisotopic (exact) mass is 115 g/mol. The van der Waals surface area contributed by atoms with Crippen LogP contribution in [0.15, 0.2) is 12.2 Å². The van der Waals surface area contributed by atoms with Crippen LogP contribution in [0.3, 0.4) is 0 Å². The molecule has 0 radical (unpaired) electrons. The molecule has 0 aromatic heterocycles. The molecule has 0 nitrogen and oxygen atoms in total. The van der Waals surface area contributed by atoms with E-state index in [4.69, 9.17) is 0 Å². The Balaban J connectivity index is 2.49. The zero-order valence-electron chi connectivity index (χ0n) is 5.02. The quantitative estimate of drug-likeness (QED) is 0.334. The van der Waals surface area contributed by atoms with Gasteiger partial charge in [-0.05, 0) is 12.2 Å². The number of hydrogen-bond donors (Lipinski definition) is 0. The number of allylic oxidation sites excluding steroid dienone is 2. The van der Waals surface area contributed by atoms with Gasteiger partial charge in [-0.3, -0.25) is 0 Å². The van der Waals surface area contributed by atoms with Crippen molar-refractivity contribution in [3.63, 3.8) is 0 Å². The molecular formula is C6H12P+. The molecule has 0 saturated heterocycles. The highest BCUT2D eigenvalue weighted by molar-refractivity contribution is 7.75. The van der Waals surface area contributed by atoms with Crippen LogP contribution in [0.1, 0.15) is 0 Å². The van der Waals surface area contributed by atoms with E-state index < -0.39 is 7.26 Å². The van der Waals surface area contributed by atoms with E-state index in [0.29, 0.717) is 0 Å². The van der Waals surface area contributed by atoms with Crippen molar-refractivity contribution in [1.29, 1.82) is 0 Å². The van der Waals surface area contributed by atoms with E-state index in [-0.39, 0.29) is 0 Å². The Bertz CT molecular complexity index is 82.4. The molecule has 1 aliphatic rings. The van der Waals surface area contributed by atoms with Crippen molar-refractivity contribution in [2.75, 3.05) is 25.7 Å². The van der Waals surface area contributed by atoms with Gasteiger partial charge in [-0.25, -0.2) is 0 Å². The highest BCUT2D eigenvalue weighted by atomic mass is 31.2. The van der Waals surface area contributed by atoms with Crippen LogP contribution < -0.4 is 0 Å². The average molecular weight is 115 g/mol. The van der Waals surface area contributed by atoms with Crippen molar-refractivity contribution in [3.05, 3.63) is 12.2 Å². The van der Waals surface area contributed by atoms with Crippen LogP contribution >= 0.6 is 7.26 Å². The molecule has 1 aliphatic heterocycles. The van der Waals surface area contributed by atoms with E-state index in [1.807, 2.05) is 0 Å². The van der Waals surface area contributed by atoms with Crippen molar-refractivity contribution in [3.8, 4) is 0 Å². The Labute approximate surface area is 46.0 Å². The molecule has 0 bridgehead atoms. The summed E-state index contributed by atoms with van der Waals surface area (Å²) in [4.78, 5) is 0. The first-order valence-electron chi connectivity index (χ1n) is 2.68. The van der Waals surface area contributed by atoms with Crippen LogP contribution in [0, 0.1) is 0 Å². The van der Waals surface area contributed by atoms with Crippen molar-refractivity contribution in [1.82, 2.24) is 0 Å². The van der Waals surface area contributed by atoms with E-state index in [1.165, 1.54) is 12.3 Å². The van der Waals surface area contributed by atoms with E-state index in [2.05, 4.69) is 25.5 Å². The zero-order chi connectivity index (χ0) is 5.33. The second kappa shape index (κ2) is 1.59. The minimum absolute atomic E-state index is 0.404. The normalized spacial score (nSPS) is 26.0. The van der Waals surface area contributed by atoms with E-state index >= 15 is 0 Å². The van der Waals surface area contributed by atoms with Gasteiger partial charge >= 0.3 is 0 Å². The van der Waals surface area contributed by atoms with Crippen molar-refractivity contribution < 1.29 is 0 Å². The van der Waals surface area contributed by atoms with Crippen LogP contribution in [0.5, 0.6) is 0 Å². The Kier molecular flexibility index (Phi) is 1.21. The third-order valence-electron chi connectivity index (χ3n) is 1.37. The number of rotatable bonds is 0. The zero-order valence-corrected chi connectivity index (χ0v) is 5.91.